The Labute approximate surface area is 132 Å². The van der Waals surface area contributed by atoms with Gasteiger partial charge in [-0.05, 0) is 53.0 Å². The summed E-state index contributed by atoms with van der Waals surface area (Å²) >= 11 is 0. The molecule has 1 amide bonds. The zero-order valence-electron chi connectivity index (χ0n) is 14.1. The van der Waals surface area contributed by atoms with Crippen molar-refractivity contribution in [3.8, 4) is 0 Å². The molecule has 1 aromatic heterocycles. The first kappa shape index (κ1) is 16.8. The van der Waals surface area contributed by atoms with Crippen LogP contribution in [0.2, 0.25) is 0 Å². The first-order valence-electron chi connectivity index (χ1n) is 8.02. The Morgan fingerprint density at radius 1 is 1.45 bits per heavy atom. The summed E-state index contributed by atoms with van der Waals surface area (Å²) in [6.45, 7) is 11.1. The van der Waals surface area contributed by atoms with Crippen LogP contribution in [-0.4, -0.2) is 46.2 Å². The van der Waals surface area contributed by atoms with E-state index in [-0.39, 0.29) is 6.09 Å². The summed E-state index contributed by atoms with van der Waals surface area (Å²) in [6, 6.07) is 0. The number of amides is 1. The van der Waals surface area contributed by atoms with Crippen LogP contribution in [0.4, 0.5) is 4.79 Å². The summed E-state index contributed by atoms with van der Waals surface area (Å²) in [6.07, 6.45) is 3.58. The standard InChI is InChI=1S/C16H28N4O2/c1-12-14(19-11-18-12)10-17-9-13-5-7-20(8-6-13)15(21)22-16(2,3)4/h11,13,17H,5-10H2,1-4H3,(H,18,19). The number of aryl methyl sites for hydroxylation is 1. The van der Waals surface area contributed by atoms with Crippen LogP contribution in [-0.2, 0) is 11.3 Å². The number of nitrogens with zero attached hydrogens (tertiary/aromatic N) is 2. The minimum absolute atomic E-state index is 0.189. The molecule has 22 heavy (non-hydrogen) atoms. The third-order valence-electron chi connectivity index (χ3n) is 3.93. The lowest BCUT2D eigenvalue weighted by atomic mass is 9.97. The molecular formula is C16H28N4O2. The summed E-state index contributed by atoms with van der Waals surface area (Å²) in [5.41, 5.74) is 1.77. The minimum atomic E-state index is -0.420. The minimum Gasteiger partial charge on any atom is -0.444 e. The molecule has 0 unspecified atom stereocenters. The Morgan fingerprint density at radius 3 is 2.68 bits per heavy atom. The van der Waals surface area contributed by atoms with Crippen LogP contribution in [0.25, 0.3) is 0 Å². The first-order valence-corrected chi connectivity index (χ1v) is 8.02. The Kier molecular flexibility index (Phi) is 5.45. The molecular weight excluding hydrogens is 280 g/mol. The number of rotatable bonds is 4. The van der Waals surface area contributed by atoms with E-state index in [1.54, 1.807) is 6.33 Å². The molecule has 0 spiro atoms. The molecule has 1 aliphatic heterocycles. The summed E-state index contributed by atoms with van der Waals surface area (Å²) < 4.78 is 5.42. The maximum Gasteiger partial charge on any atom is 0.410 e. The molecule has 2 rings (SSSR count). The van der Waals surface area contributed by atoms with Crippen molar-refractivity contribution < 1.29 is 9.53 Å². The van der Waals surface area contributed by atoms with Gasteiger partial charge in [0.1, 0.15) is 5.60 Å². The number of hydrogen-bond donors (Lipinski definition) is 2. The topological polar surface area (TPSA) is 70.2 Å². The summed E-state index contributed by atoms with van der Waals surface area (Å²) in [7, 11) is 0. The quantitative estimate of drug-likeness (QED) is 0.896. The smallest absolute Gasteiger partial charge is 0.410 e. The number of aromatic nitrogens is 2. The molecule has 0 atom stereocenters. The molecule has 1 aromatic rings. The number of likely N-dealkylation sites (tertiary alicyclic amines) is 1. The summed E-state index contributed by atoms with van der Waals surface area (Å²) in [5, 5.41) is 3.46. The molecule has 2 N–H and O–H groups in total. The van der Waals surface area contributed by atoms with Gasteiger partial charge in [0.15, 0.2) is 0 Å². The van der Waals surface area contributed by atoms with Gasteiger partial charge >= 0.3 is 6.09 Å². The van der Waals surface area contributed by atoms with Crippen LogP contribution in [0.15, 0.2) is 6.33 Å². The van der Waals surface area contributed by atoms with Gasteiger partial charge in [0.2, 0.25) is 0 Å². The molecule has 6 nitrogen and oxygen atoms in total. The number of piperidine rings is 1. The number of aromatic amines is 1. The number of imidazole rings is 1. The van der Waals surface area contributed by atoms with Crippen molar-refractivity contribution in [2.75, 3.05) is 19.6 Å². The second-order valence-electron chi connectivity index (χ2n) is 7.02. The van der Waals surface area contributed by atoms with E-state index in [2.05, 4.69) is 15.3 Å². The van der Waals surface area contributed by atoms with E-state index in [4.69, 9.17) is 4.74 Å². The number of ether oxygens (including phenoxy) is 1. The highest BCUT2D eigenvalue weighted by molar-refractivity contribution is 5.68. The molecule has 6 heteroatoms. The van der Waals surface area contributed by atoms with Crippen molar-refractivity contribution in [3.63, 3.8) is 0 Å². The fourth-order valence-corrected chi connectivity index (χ4v) is 2.61. The van der Waals surface area contributed by atoms with Crippen LogP contribution in [0, 0.1) is 12.8 Å². The van der Waals surface area contributed by atoms with E-state index in [1.807, 2.05) is 32.6 Å². The molecule has 1 fully saturated rings. The van der Waals surface area contributed by atoms with Gasteiger partial charge in [0.05, 0.1) is 12.0 Å². The van der Waals surface area contributed by atoms with Crippen molar-refractivity contribution in [3.05, 3.63) is 17.7 Å². The molecule has 0 saturated carbocycles. The van der Waals surface area contributed by atoms with E-state index in [0.29, 0.717) is 5.92 Å². The van der Waals surface area contributed by atoms with Gasteiger partial charge in [0.25, 0.3) is 0 Å². The van der Waals surface area contributed by atoms with Crippen LogP contribution in [0.3, 0.4) is 0 Å². The molecule has 0 radical (unpaired) electrons. The van der Waals surface area contributed by atoms with Crippen molar-refractivity contribution in [1.82, 2.24) is 20.2 Å². The number of carbonyl (C=O) groups is 1. The van der Waals surface area contributed by atoms with Gasteiger partial charge in [-0.15, -0.1) is 0 Å². The van der Waals surface area contributed by atoms with E-state index in [0.717, 1.165) is 50.4 Å². The Balaban J connectivity index is 1.67. The van der Waals surface area contributed by atoms with Gasteiger partial charge in [0, 0.05) is 25.3 Å². The van der Waals surface area contributed by atoms with Gasteiger partial charge in [-0.25, -0.2) is 9.78 Å². The zero-order valence-corrected chi connectivity index (χ0v) is 14.1. The summed E-state index contributed by atoms with van der Waals surface area (Å²) in [4.78, 5) is 21.2. The maximum atomic E-state index is 12.0. The van der Waals surface area contributed by atoms with Crippen molar-refractivity contribution in [2.24, 2.45) is 5.92 Å². The second-order valence-corrected chi connectivity index (χ2v) is 7.02. The van der Waals surface area contributed by atoms with Gasteiger partial charge < -0.3 is 19.9 Å². The third kappa shape index (κ3) is 5.02. The van der Waals surface area contributed by atoms with Gasteiger partial charge in [-0.3, -0.25) is 0 Å². The predicted molar refractivity (Wildman–Crippen MR) is 85.6 cm³/mol. The number of nitrogens with one attached hydrogen (secondary N) is 2. The van der Waals surface area contributed by atoms with E-state index in [1.165, 1.54) is 0 Å². The van der Waals surface area contributed by atoms with Crippen molar-refractivity contribution >= 4 is 6.09 Å². The Bertz CT molecular complexity index is 485. The van der Waals surface area contributed by atoms with E-state index >= 15 is 0 Å². The number of carbonyl (C=O) groups excluding carboxylic acids is 1. The molecule has 1 saturated heterocycles. The molecule has 1 aliphatic rings. The third-order valence-corrected chi connectivity index (χ3v) is 3.93. The van der Waals surface area contributed by atoms with Crippen LogP contribution in [0.5, 0.6) is 0 Å². The Hall–Kier alpha value is -1.56. The highest BCUT2D eigenvalue weighted by Crippen LogP contribution is 2.19. The summed E-state index contributed by atoms with van der Waals surface area (Å²) in [5.74, 6) is 0.609. The highest BCUT2D eigenvalue weighted by atomic mass is 16.6. The van der Waals surface area contributed by atoms with Gasteiger partial charge in [-0.2, -0.15) is 0 Å². The lowest BCUT2D eigenvalue weighted by Gasteiger charge is -2.33. The van der Waals surface area contributed by atoms with Crippen LogP contribution in [0.1, 0.15) is 45.0 Å². The molecule has 124 valence electrons. The monoisotopic (exact) mass is 308 g/mol. The SMILES string of the molecule is Cc1[nH]cnc1CNCC1CCN(C(=O)OC(C)(C)C)CC1. The fourth-order valence-electron chi connectivity index (χ4n) is 2.61. The van der Waals surface area contributed by atoms with Gasteiger partial charge in [-0.1, -0.05) is 0 Å². The predicted octanol–water partition coefficient (Wildman–Crippen LogP) is 2.45. The van der Waals surface area contributed by atoms with Crippen LogP contribution < -0.4 is 5.32 Å². The van der Waals surface area contributed by atoms with Crippen LogP contribution >= 0.6 is 0 Å². The molecule has 0 aromatic carbocycles. The lowest BCUT2D eigenvalue weighted by Crippen LogP contribution is -2.43. The zero-order chi connectivity index (χ0) is 16.2. The second kappa shape index (κ2) is 7.13. The van der Waals surface area contributed by atoms with E-state index in [9.17, 15) is 4.79 Å². The average molecular weight is 308 g/mol. The lowest BCUT2D eigenvalue weighted by molar-refractivity contribution is 0.0184. The fraction of sp³-hybridized carbons (Fsp3) is 0.750. The first-order chi connectivity index (χ1) is 10.3. The van der Waals surface area contributed by atoms with E-state index < -0.39 is 5.60 Å². The molecule has 2 heterocycles. The number of hydrogen-bond acceptors (Lipinski definition) is 4. The van der Waals surface area contributed by atoms with Crippen molar-refractivity contribution in [1.29, 1.82) is 0 Å². The maximum absolute atomic E-state index is 12.0. The largest absolute Gasteiger partial charge is 0.444 e. The molecule has 0 aliphatic carbocycles. The average Bonchev–Trinajstić information content (AvgIpc) is 2.83. The number of H-pyrrole nitrogens is 1. The highest BCUT2D eigenvalue weighted by Gasteiger charge is 2.26. The van der Waals surface area contributed by atoms with Crippen molar-refractivity contribution in [2.45, 2.75) is 52.7 Å². The molecule has 0 bridgehead atoms. The normalized spacial score (nSPS) is 16.8. The Morgan fingerprint density at radius 2 is 2.14 bits per heavy atom.